The van der Waals surface area contributed by atoms with Crippen LogP contribution in [0.4, 0.5) is 5.69 Å². The van der Waals surface area contributed by atoms with E-state index >= 15 is 0 Å². The third kappa shape index (κ3) is 2.84. The lowest BCUT2D eigenvalue weighted by molar-refractivity contribution is 0.112. The topological polar surface area (TPSA) is 20.3 Å². The van der Waals surface area contributed by atoms with E-state index < -0.39 is 0 Å². The first kappa shape index (κ1) is 11.2. The average molecular weight is 211 g/mol. The van der Waals surface area contributed by atoms with Crippen LogP contribution in [0, 0.1) is 0 Å². The van der Waals surface area contributed by atoms with Crippen molar-refractivity contribution in [3.8, 4) is 0 Å². The maximum atomic E-state index is 10.5. The second-order valence-electron chi connectivity index (χ2n) is 3.26. The highest BCUT2D eigenvalue weighted by Crippen LogP contribution is 2.22. The van der Waals surface area contributed by atoms with Gasteiger partial charge < -0.3 is 4.90 Å². The molecule has 0 spiro atoms. The summed E-state index contributed by atoms with van der Waals surface area (Å²) in [5, 5.41) is 2.06. The number of thiophene rings is 1. The van der Waals surface area contributed by atoms with Gasteiger partial charge in [-0.05, 0) is 19.4 Å². The Morgan fingerprint density at radius 2 is 2.29 bits per heavy atom. The number of nitrogens with zero attached hydrogens (tertiary/aromatic N) is 1. The summed E-state index contributed by atoms with van der Waals surface area (Å²) >= 11 is 1.52. The van der Waals surface area contributed by atoms with Crippen LogP contribution in [-0.4, -0.2) is 19.4 Å². The van der Waals surface area contributed by atoms with Gasteiger partial charge in [0.05, 0.1) is 4.88 Å². The summed E-state index contributed by atoms with van der Waals surface area (Å²) in [5.41, 5.74) is 1.19. The maximum Gasteiger partial charge on any atom is 0.160 e. The Balaban J connectivity index is 2.63. The van der Waals surface area contributed by atoms with Gasteiger partial charge in [-0.2, -0.15) is 0 Å². The number of carbonyl (C=O) groups excluding carboxylic acids is 1. The van der Waals surface area contributed by atoms with E-state index in [1.54, 1.807) is 0 Å². The van der Waals surface area contributed by atoms with Crippen LogP contribution in [0.2, 0.25) is 0 Å². The summed E-state index contributed by atoms with van der Waals surface area (Å²) in [5.74, 6) is 0. The van der Waals surface area contributed by atoms with E-state index in [0.29, 0.717) is 0 Å². The van der Waals surface area contributed by atoms with Crippen molar-refractivity contribution >= 4 is 23.3 Å². The third-order valence-electron chi connectivity index (χ3n) is 2.25. The van der Waals surface area contributed by atoms with Gasteiger partial charge in [-0.3, -0.25) is 4.79 Å². The molecule has 0 N–H and O–H groups in total. The summed E-state index contributed by atoms with van der Waals surface area (Å²) in [7, 11) is 0. The van der Waals surface area contributed by atoms with Crippen molar-refractivity contribution in [2.24, 2.45) is 0 Å². The molecule has 0 bridgehead atoms. The quantitative estimate of drug-likeness (QED) is 0.673. The average Bonchev–Trinajstić information content (AvgIpc) is 2.68. The van der Waals surface area contributed by atoms with Crippen LogP contribution in [0.25, 0.3) is 0 Å². The Labute approximate surface area is 89.5 Å². The van der Waals surface area contributed by atoms with E-state index in [1.165, 1.54) is 29.9 Å². The van der Waals surface area contributed by atoms with E-state index in [1.807, 2.05) is 6.07 Å². The molecule has 0 amide bonds. The molecule has 3 heteroatoms. The summed E-state index contributed by atoms with van der Waals surface area (Å²) in [6.07, 6.45) is 3.34. The van der Waals surface area contributed by atoms with Gasteiger partial charge in [0.2, 0.25) is 0 Å². The molecule has 1 rings (SSSR count). The Kier molecular flexibility index (Phi) is 4.66. The zero-order valence-corrected chi connectivity index (χ0v) is 9.64. The second kappa shape index (κ2) is 5.81. The molecule has 0 aromatic carbocycles. The van der Waals surface area contributed by atoms with Gasteiger partial charge in [-0.1, -0.05) is 13.3 Å². The molecule has 0 atom stereocenters. The maximum absolute atomic E-state index is 10.5. The van der Waals surface area contributed by atoms with Crippen LogP contribution in [0.15, 0.2) is 11.4 Å². The lowest BCUT2D eigenvalue weighted by Gasteiger charge is -2.20. The van der Waals surface area contributed by atoms with Crippen LogP contribution in [-0.2, 0) is 0 Å². The van der Waals surface area contributed by atoms with Crippen molar-refractivity contribution in [3.05, 3.63) is 16.3 Å². The molecule has 0 saturated heterocycles. The van der Waals surface area contributed by atoms with Crippen molar-refractivity contribution in [1.82, 2.24) is 0 Å². The molecule has 0 fully saturated rings. The van der Waals surface area contributed by atoms with Crippen LogP contribution < -0.4 is 4.90 Å². The Bertz CT molecular complexity index is 283. The van der Waals surface area contributed by atoms with Crippen molar-refractivity contribution in [1.29, 1.82) is 0 Å². The lowest BCUT2D eigenvalue weighted by atomic mass is 10.3. The summed E-state index contributed by atoms with van der Waals surface area (Å²) in [6.45, 7) is 6.43. The zero-order valence-electron chi connectivity index (χ0n) is 8.82. The molecule has 1 aromatic heterocycles. The molecule has 0 aliphatic rings. The highest BCUT2D eigenvalue weighted by molar-refractivity contribution is 7.12. The largest absolute Gasteiger partial charge is 0.371 e. The first-order valence-corrected chi connectivity index (χ1v) is 5.98. The smallest absolute Gasteiger partial charge is 0.160 e. The van der Waals surface area contributed by atoms with Crippen LogP contribution in [0.1, 0.15) is 36.4 Å². The van der Waals surface area contributed by atoms with Crippen molar-refractivity contribution in [2.45, 2.75) is 26.7 Å². The normalized spacial score (nSPS) is 10.1. The molecule has 14 heavy (non-hydrogen) atoms. The van der Waals surface area contributed by atoms with Crippen molar-refractivity contribution in [3.63, 3.8) is 0 Å². The van der Waals surface area contributed by atoms with Crippen LogP contribution in [0.3, 0.4) is 0 Å². The molecule has 0 radical (unpaired) electrons. The van der Waals surface area contributed by atoms with E-state index in [9.17, 15) is 4.79 Å². The predicted molar refractivity (Wildman–Crippen MR) is 62.5 cm³/mol. The fourth-order valence-electron chi connectivity index (χ4n) is 1.39. The van der Waals surface area contributed by atoms with Crippen molar-refractivity contribution in [2.75, 3.05) is 18.0 Å². The zero-order chi connectivity index (χ0) is 10.4. The first-order chi connectivity index (χ1) is 6.81. The fraction of sp³-hybridized carbons (Fsp3) is 0.545. The van der Waals surface area contributed by atoms with Gasteiger partial charge in [0.25, 0.3) is 0 Å². The molecule has 78 valence electrons. The number of anilines is 1. The predicted octanol–water partition coefficient (Wildman–Crippen LogP) is 3.19. The second-order valence-corrected chi connectivity index (χ2v) is 4.20. The molecule has 2 nitrogen and oxygen atoms in total. The number of carbonyl (C=O) groups is 1. The highest BCUT2D eigenvalue weighted by atomic mass is 32.1. The van der Waals surface area contributed by atoms with Gasteiger partial charge in [0.15, 0.2) is 6.29 Å². The van der Waals surface area contributed by atoms with E-state index in [2.05, 4.69) is 24.1 Å². The molecular weight excluding hydrogens is 194 g/mol. The van der Waals surface area contributed by atoms with Gasteiger partial charge >= 0.3 is 0 Å². The van der Waals surface area contributed by atoms with Crippen LogP contribution in [0.5, 0.6) is 0 Å². The number of aldehydes is 1. The third-order valence-corrected chi connectivity index (χ3v) is 3.10. The van der Waals surface area contributed by atoms with E-state index in [0.717, 1.165) is 24.3 Å². The van der Waals surface area contributed by atoms with Gasteiger partial charge in [-0.15, -0.1) is 11.3 Å². The van der Waals surface area contributed by atoms with Gasteiger partial charge in [-0.25, -0.2) is 0 Å². The molecular formula is C11H17NOS. The number of rotatable bonds is 6. The van der Waals surface area contributed by atoms with Crippen molar-refractivity contribution < 1.29 is 4.79 Å². The molecule has 0 aliphatic carbocycles. The number of unbranched alkanes of at least 4 members (excludes halogenated alkanes) is 1. The minimum atomic E-state index is 0.815. The number of hydrogen-bond acceptors (Lipinski definition) is 3. The van der Waals surface area contributed by atoms with E-state index in [-0.39, 0.29) is 0 Å². The fourth-order valence-corrected chi connectivity index (χ4v) is 2.11. The summed E-state index contributed by atoms with van der Waals surface area (Å²) in [4.78, 5) is 13.7. The minimum Gasteiger partial charge on any atom is -0.371 e. The summed E-state index contributed by atoms with van der Waals surface area (Å²) in [6, 6.07) is 1.97. The monoisotopic (exact) mass is 211 g/mol. The Morgan fingerprint density at radius 3 is 2.79 bits per heavy atom. The standard InChI is InChI=1S/C11H17NOS/c1-3-5-6-12(4-2)10-7-11(8-13)14-9-10/h7-9H,3-6H2,1-2H3. The molecule has 0 saturated carbocycles. The molecule has 1 aromatic rings. The lowest BCUT2D eigenvalue weighted by Crippen LogP contribution is -2.23. The molecule has 0 aliphatic heterocycles. The molecule has 0 unspecified atom stereocenters. The highest BCUT2D eigenvalue weighted by Gasteiger charge is 2.05. The Morgan fingerprint density at radius 1 is 1.50 bits per heavy atom. The SMILES string of the molecule is CCCCN(CC)c1csc(C=O)c1. The summed E-state index contributed by atoms with van der Waals surface area (Å²) < 4.78 is 0. The number of hydrogen-bond donors (Lipinski definition) is 0. The minimum absolute atomic E-state index is 0.815. The van der Waals surface area contributed by atoms with E-state index in [4.69, 9.17) is 0 Å². The molecule has 1 heterocycles. The van der Waals surface area contributed by atoms with Crippen LogP contribution >= 0.6 is 11.3 Å². The van der Waals surface area contributed by atoms with Gasteiger partial charge in [0, 0.05) is 24.2 Å². The Hall–Kier alpha value is -0.830. The van der Waals surface area contributed by atoms with Gasteiger partial charge in [0.1, 0.15) is 0 Å². The first-order valence-electron chi connectivity index (χ1n) is 5.10.